The van der Waals surface area contributed by atoms with E-state index in [-0.39, 0.29) is 5.78 Å². The van der Waals surface area contributed by atoms with Gasteiger partial charge in [-0.3, -0.25) is 4.79 Å². The summed E-state index contributed by atoms with van der Waals surface area (Å²) in [5.41, 5.74) is 2.14. The predicted molar refractivity (Wildman–Crippen MR) is 93.8 cm³/mol. The Kier molecular flexibility index (Phi) is 4.07. The molecule has 0 aliphatic carbocycles. The van der Waals surface area contributed by atoms with E-state index in [0.29, 0.717) is 40.9 Å². The summed E-state index contributed by atoms with van der Waals surface area (Å²) < 4.78 is 11.4. The molecule has 124 valence electrons. The van der Waals surface area contributed by atoms with Crippen LogP contribution >= 0.6 is 11.6 Å². The van der Waals surface area contributed by atoms with Gasteiger partial charge in [0.1, 0.15) is 13.2 Å². The molecule has 2 aromatic rings. The number of hydrogen-bond acceptors (Lipinski definition) is 4. The molecule has 5 heteroatoms. The molecular formula is C19H18ClNO3. The van der Waals surface area contributed by atoms with Crippen molar-refractivity contribution >= 4 is 23.1 Å². The lowest BCUT2D eigenvalue weighted by Crippen LogP contribution is -2.23. The molecule has 2 aliphatic rings. The summed E-state index contributed by atoms with van der Waals surface area (Å²) in [6, 6.07) is 10.8. The molecule has 0 saturated carbocycles. The van der Waals surface area contributed by atoms with Crippen LogP contribution in [0.1, 0.15) is 28.8 Å². The summed E-state index contributed by atoms with van der Waals surface area (Å²) in [4.78, 5) is 15.3. The molecule has 0 aromatic heterocycles. The number of anilines is 1. The van der Waals surface area contributed by atoms with Gasteiger partial charge in [-0.1, -0.05) is 23.7 Å². The van der Waals surface area contributed by atoms with Crippen LogP contribution in [-0.4, -0.2) is 32.1 Å². The predicted octanol–water partition coefficient (Wildman–Crippen LogP) is 3.94. The zero-order chi connectivity index (χ0) is 16.5. The number of rotatable bonds is 3. The third-order valence-corrected chi connectivity index (χ3v) is 4.67. The van der Waals surface area contributed by atoms with E-state index in [9.17, 15) is 4.79 Å². The molecule has 2 heterocycles. The highest BCUT2D eigenvalue weighted by Crippen LogP contribution is 2.39. The number of carbonyl (C=O) groups excluding carboxylic acids is 1. The van der Waals surface area contributed by atoms with E-state index in [1.165, 1.54) is 0 Å². The van der Waals surface area contributed by atoms with E-state index in [2.05, 4.69) is 4.90 Å². The fourth-order valence-corrected chi connectivity index (χ4v) is 3.46. The average Bonchev–Trinajstić information content (AvgIpc) is 3.14. The fraction of sp³-hybridized carbons (Fsp3) is 0.316. The quantitative estimate of drug-likeness (QED) is 0.791. The van der Waals surface area contributed by atoms with E-state index in [1.807, 2.05) is 12.1 Å². The molecule has 0 unspecified atom stereocenters. The molecule has 2 aliphatic heterocycles. The third kappa shape index (κ3) is 2.82. The van der Waals surface area contributed by atoms with E-state index < -0.39 is 0 Å². The van der Waals surface area contributed by atoms with Crippen LogP contribution in [0.2, 0.25) is 5.02 Å². The van der Waals surface area contributed by atoms with Crippen LogP contribution in [0, 0.1) is 0 Å². The average molecular weight is 344 g/mol. The lowest BCUT2D eigenvalue weighted by molar-refractivity contribution is 0.103. The van der Waals surface area contributed by atoms with Gasteiger partial charge in [0.05, 0.1) is 5.69 Å². The minimum atomic E-state index is -0.0450. The summed E-state index contributed by atoms with van der Waals surface area (Å²) in [5.74, 6) is 1.30. The SMILES string of the molecule is O=C(c1cccc(Cl)c1)c1cc2c(cc1N1CCCC1)OCCO2. The summed E-state index contributed by atoms with van der Waals surface area (Å²) in [7, 11) is 0. The second-order valence-corrected chi connectivity index (χ2v) is 6.48. The Morgan fingerprint density at radius 2 is 1.71 bits per heavy atom. The second kappa shape index (κ2) is 6.36. The first-order valence-corrected chi connectivity index (χ1v) is 8.59. The van der Waals surface area contributed by atoms with Gasteiger partial charge in [0.15, 0.2) is 17.3 Å². The van der Waals surface area contributed by atoms with Crippen molar-refractivity contribution < 1.29 is 14.3 Å². The number of fused-ring (bicyclic) bond motifs is 1. The Hall–Kier alpha value is -2.20. The first-order valence-electron chi connectivity index (χ1n) is 8.21. The van der Waals surface area contributed by atoms with Crippen LogP contribution < -0.4 is 14.4 Å². The molecule has 0 spiro atoms. The molecule has 4 nitrogen and oxygen atoms in total. The van der Waals surface area contributed by atoms with Crippen LogP contribution in [0.5, 0.6) is 11.5 Å². The standard InChI is InChI=1S/C19H18ClNO3/c20-14-5-3-4-13(10-14)19(22)15-11-17-18(24-9-8-23-17)12-16(15)21-6-1-2-7-21/h3-5,10-12H,1-2,6-9H2. The minimum Gasteiger partial charge on any atom is -0.486 e. The monoisotopic (exact) mass is 343 g/mol. The summed E-state index contributed by atoms with van der Waals surface area (Å²) in [6.07, 6.45) is 2.28. The van der Waals surface area contributed by atoms with Gasteiger partial charge in [-0.15, -0.1) is 0 Å². The van der Waals surface area contributed by atoms with Crippen molar-refractivity contribution in [1.82, 2.24) is 0 Å². The molecule has 0 amide bonds. The number of carbonyl (C=O) groups is 1. The number of nitrogens with zero attached hydrogens (tertiary/aromatic N) is 1. The van der Waals surface area contributed by atoms with Gasteiger partial charge in [-0.05, 0) is 31.0 Å². The highest BCUT2D eigenvalue weighted by molar-refractivity contribution is 6.31. The number of hydrogen-bond donors (Lipinski definition) is 0. The van der Waals surface area contributed by atoms with Gasteiger partial charge in [0.2, 0.25) is 0 Å². The largest absolute Gasteiger partial charge is 0.486 e. The molecule has 2 aromatic carbocycles. The van der Waals surface area contributed by atoms with E-state index >= 15 is 0 Å². The Labute approximate surface area is 145 Å². The van der Waals surface area contributed by atoms with Crippen LogP contribution in [0.3, 0.4) is 0 Å². The van der Waals surface area contributed by atoms with Crippen molar-refractivity contribution in [3.8, 4) is 11.5 Å². The van der Waals surface area contributed by atoms with Crippen LogP contribution in [-0.2, 0) is 0 Å². The summed E-state index contributed by atoms with van der Waals surface area (Å²) >= 11 is 6.05. The van der Waals surface area contributed by atoms with Crippen molar-refractivity contribution in [3.63, 3.8) is 0 Å². The van der Waals surface area contributed by atoms with Crippen LogP contribution in [0.15, 0.2) is 36.4 Å². The maximum atomic E-state index is 13.1. The molecule has 0 atom stereocenters. The maximum Gasteiger partial charge on any atom is 0.195 e. The molecule has 0 radical (unpaired) electrons. The molecule has 0 bridgehead atoms. The Morgan fingerprint density at radius 3 is 2.42 bits per heavy atom. The Balaban J connectivity index is 1.81. The van der Waals surface area contributed by atoms with Gasteiger partial charge in [0, 0.05) is 35.3 Å². The Bertz CT molecular complexity index is 784. The summed E-state index contributed by atoms with van der Waals surface area (Å²) in [5, 5.41) is 0.557. The molecule has 4 rings (SSSR count). The van der Waals surface area contributed by atoms with Gasteiger partial charge in [-0.25, -0.2) is 0 Å². The van der Waals surface area contributed by atoms with Crippen molar-refractivity contribution in [2.24, 2.45) is 0 Å². The second-order valence-electron chi connectivity index (χ2n) is 6.05. The van der Waals surface area contributed by atoms with Crippen molar-refractivity contribution in [3.05, 3.63) is 52.5 Å². The number of benzene rings is 2. The van der Waals surface area contributed by atoms with E-state index in [4.69, 9.17) is 21.1 Å². The fourth-order valence-electron chi connectivity index (χ4n) is 3.26. The molecule has 1 fully saturated rings. The van der Waals surface area contributed by atoms with Gasteiger partial charge in [0.25, 0.3) is 0 Å². The maximum absolute atomic E-state index is 13.1. The smallest absolute Gasteiger partial charge is 0.195 e. The lowest BCUT2D eigenvalue weighted by atomic mass is 10.00. The third-order valence-electron chi connectivity index (χ3n) is 4.44. The minimum absolute atomic E-state index is 0.0450. The van der Waals surface area contributed by atoms with Crippen LogP contribution in [0.4, 0.5) is 5.69 Å². The normalized spacial score (nSPS) is 16.3. The van der Waals surface area contributed by atoms with E-state index in [0.717, 1.165) is 31.6 Å². The molecule has 24 heavy (non-hydrogen) atoms. The zero-order valence-corrected chi connectivity index (χ0v) is 14.0. The van der Waals surface area contributed by atoms with Crippen molar-refractivity contribution in [2.45, 2.75) is 12.8 Å². The molecule has 0 N–H and O–H groups in total. The van der Waals surface area contributed by atoms with Gasteiger partial charge >= 0.3 is 0 Å². The first-order chi connectivity index (χ1) is 11.7. The molecule has 1 saturated heterocycles. The Morgan fingerprint density at radius 1 is 1.00 bits per heavy atom. The summed E-state index contributed by atoms with van der Waals surface area (Å²) in [6.45, 7) is 2.94. The first kappa shape index (κ1) is 15.3. The van der Waals surface area contributed by atoms with Crippen LogP contribution in [0.25, 0.3) is 0 Å². The number of ether oxygens (including phenoxy) is 2. The van der Waals surface area contributed by atoms with Gasteiger partial charge in [-0.2, -0.15) is 0 Å². The number of ketones is 1. The van der Waals surface area contributed by atoms with Crippen molar-refractivity contribution in [1.29, 1.82) is 0 Å². The zero-order valence-electron chi connectivity index (χ0n) is 13.3. The highest BCUT2D eigenvalue weighted by atomic mass is 35.5. The molecular weight excluding hydrogens is 326 g/mol. The van der Waals surface area contributed by atoms with E-state index in [1.54, 1.807) is 24.3 Å². The highest BCUT2D eigenvalue weighted by Gasteiger charge is 2.25. The van der Waals surface area contributed by atoms with Crippen molar-refractivity contribution in [2.75, 3.05) is 31.2 Å². The lowest BCUT2D eigenvalue weighted by Gasteiger charge is -2.25. The van der Waals surface area contributed by atoms with Gasteiger partial charge < -0.3 is 14.4 Å². The topological polar surface area (TPSA) is 38.8 Å². The number of halogens is 1.